The fraction of sp³-hybridized carbons (Fsp3) is 0.500. The van der Waals surface area contributed by atoms with Crippen LogP contribution in [0.25, 0.3) is 0 Å². The minimum atomic E-state index is 0.254. The summed E-state index contributed by atoms with van der Waals surface area (Å²) < 4.78 is 10.9. The van der Waals surface area contributed by atoms with Crippen LogP contribution < -0.4 is 10.5 Å². The molecule has 0 unspecified atom stereocenters. The molecule has 0 fully saturated rings. The largest absolute Gasteiger partial charge is 0.491 e. The van der Waals surface area contributed by atoms with Gasteiger partial charge in [-0.3, -0.25) is 0 Å². The van der Waals surface area contributed by atoms with Crippen LogP contribution in [-0.2, 0) is 11.3 Å². The minimum Gasteiger partial charge on any atom is -0.491 e. The first-order chi connectivity index (χ1) is 7.22. The third-order valence-corrected chi connectivity index (χ3v) is 1.94. The molecule has 0 aromatic heterocycles. The van der Waals surface area contributed by atoms with E-state index in [1.807, 2.05) is 38.1 Å². The van der Waals surface area contributed by atoms with E-state index in [1.54, 1.807) is 0 Å². The number of ether oxygens (including phenoxy) is 2. The van der Waals surface area contributed by atoms with Crippen LogP contribution in [0.3, 0.4) is 0 Å². The number of rotatable bonds is 6. The average molecular weight is 209 g/mol. The molecule has 0 aliphatic rings. The minimum absolute atomic E-state index is 0.254. The molecule has 0 aliphatic carbocycles. The van der Waals surface area contributed by atoms with E-state index in [-0.39, 0.29) is 6.10 Å². The van der Waals surface area contributed by atoms with Crippen molar-refractivity contribution in [2.45, 2.75) is 26.5 Å². The van der Waals surface area contributed by atoms with Gasteiger partial charge in [0, 0.05) is 6.54 Å². The number of hydrogen-bond acceptors (Lipinski definition) is 3. The van der Waals surface area contributed by atoms with Gasteiger partial charge in [-0.05, 0) is 31.5 Å². The highest BCUT2D eigenvalue weighted by Crippen LogP contribution is 2.12. The van der Waals surface area contributed by atoms with Gasteiger partial charge < -0.3 is 15.2 Å². The first-order valence-corrected chi connectivity index (χ1v) is 5.26. The molecule has 3 nitrogen and oxygen atoms in total. The second-order valence-corrected chi connectivity index (χ2v) is 3.62. The SMILES string of the molecule is CC(C)OCCOc1cccc(CN)c1. The Labute approximate surface area is 91.2 Å². The molecule has 1 aromatic rings. The summed E-state index contributed by atoms with van der Waals surface area (Å²) in [6.45, 7) is 5.75. The lowest BCUT2D eigenvalue weighted by molar-refractivity contribution is 0.0552. The van der Waals surface area contributed by atoms with E-state index in [0.717, 1.165) is 11.3 Å². The Kier molecular flexibility index (Phi) is 5.15. The highest BCUT2D eigenvalue weighted by molar-refractivity contribution is 5.28. The Morgan fingerprint density at radius 1 is 1.27 bits per heavy atom. The molecule has 1 rings (SSSR count). The normalized spacial score (nSPS) is 10.7. The summed E-state index contributed by atoms with van der Waals surface area (Å²) in [5.74, 6) is 0.852. The smallest absolute Gasteiger partial charge is 0.119 e. The van der Waals surface area contributed by atoms with Gasteiger partial charge >= 0.3 is 0 Å². The fourth-order valence-electron chi connectivity index (χ4n) is 1.21. The van der Waals surface area contributed by atoms with Gasteiger partial charge in [0.25, 0.3) is 0 Å². The maximum Gasteiger partial charge on any atom is 0.119 e. The Balaban J connectivity index is 2.30. The van der Waals surface area contributed by atoms with Gasteiger partial charge in [0.05, 0.1) is 12.7 Å². The average Bonchev–Trinajstić information content (AvgIpc) is 2.24. The molecule has 3 heteroatoms. The van der Waals surface area contributed by atoms with Crippen LogP contribution in [0, 0.1) is 0 Å². The molecule has 1 aromatic carbocycles. The van der Waals surface area contributed by atoms with E-state index in [9.17, 15) is 0 Å². The van der Waals surface area contributed by atoms with Crippen LogP contribution in [0.5, 0.6) is 5.75 Å². The molecule has 0 spiro atoms. The molecule has 0 bridgehead atoms. The standard InChI is InChI=1S/C12H19NO2/c1-10(2)14-6-7-15-12-5-3-4-11(8-12)9-13/h3-5,8,10H,6-7,9,13H2,1-2H3. The molecule has 0 heterocycles. The van der Waals surface area contributed by atoms with Crippen LogP contribution in [0.4, 0.5) is 0 Å². The summed E-state index contributed by atoms with van der Waals surface area (Å²) in [5, 5.41) is 0. The Hall–Kier alpha value is -1.06. The molecule has 0 saturated carbocycles. The quantitative estimate of drug-likeness (QED) is 0.728. The summed E-state index contributed by atoms with van der Waals surface area (Å²) in [6.07, 6.45) is 0.254. The van der Waals surface area contributed by atoms with E-state index in [4.69, 9.17) is 15.2 Å². The van der Waals surface area contributed by atoms with Crippen molar-refractivity contribution in [2.75, 3.05) is 13.2 Å². The van der Waals surface area contributed by atoms with E-state index >= 15 is 0 Å². The van der Waals surface area contributed by atoms with Crippen LogP contribution >= 0.6 is 0 Å². The van der Waals surface area contributed by atoms with E-state index in [1.165, 1.54) is 0 Å². The lowest BCUT2D eigenvalue weighted by Gasteiger charge is -2.09. The molecule has 0 amide bonds. The number of hydrogen-bond donors (Lipinski definition) is 1. The lowest BCUT2D eigenvalue weighted by atomic mass is 10.2. The molecule has 2 N–H and O–H groups in total. The van der Waals surface area contributed by atoms with Gasteiger partial charge in [-0.15, -0.1) is 0 Å². The molecule has 0 radical (unpaired) electrons. The Morgan fingerprint density at radius 3 is 2.73 bits per heavy atom. The molecule has 0 atom stereocenters. The van der Waals surface area contributed by atoms with Gasteiger partial charge in [0.1, 0.15) is 12.4 Å². The Morgan fingerprint density at radius 2 is 2.07 bits per heavy atom. The molecular formula is C12H19NO2. The predicted octanol–water partition coefficient (Wildman–Crippen LogP) is 1.95. The van der Waals surface area contributed by atoms with Crippen LogP contribution in [0.1, 0.15) is 19.4 Å². The molecule has 0 saturated heterocycles. The first kappa shape index (κ1) is 12.0. The summed E-state index contributed by atoms with van der Waals surface area (Å²) in [7, 11) is 0. The van der Waals surface area contributed by atoms with Crippen LogP contribution in [0.15, 0.2) is 24.3 Å². The lowest BCUT2D eigenvalue weighted by Crippen LogP contribution is -2.11. The third kappa shape index (κ3) is 4.81. The second kappa shape index (κ2) is 6.43. The predicted molar refractivity (Wildman–Crippen MR) is 60.9 cm³/mol. The van der Waals surface area contributed by atoms with Crippen molar-refractivity contribution < 1.29 is 9.47 Å². The second-order valence-electron chi connectivity index (χ2n) is 3.62. The van der Waals surface area contributed by atoms with Crippen molar-refractivity contribution in [3.63, 3.8) is 0 Å². The van der Waals surface area contributed by atoms with Crippen molar-refractivity contribution in [3.8, 4) is 5.75 Å². The number of benzene rings is 1. The molecule has 15 heavy (non-hydrogen) atoms. The fourth-order valence-corrected chi connectivity index (χ4v) is 1.21. The van der Waals surface area contributed by atoms with E-state index in [0.29, 0.717) is 19.8 Å². The summed E-state index contributed by atoms with van der Waals surface area (Å²) in [5.41, 5.74) is 6.61. The summed E-state index contributed by atoms with van der Waals surface area (Å²) in [4.78, 5) is 0. The van der Waals surface area contributed by atoms with E-state index < -0.39 is 0 Å². The first-order valence-electron chi connectivity index (χ1n) is 5.26. The summed E-state index contributed by atoms with van der Waals surface area (Å²) in [6, 6.07) is 7.81. The maximum absolute atomic E-state index is 5.53. The molecular weight excluding hydrogens is 190 g/mol. The zero-order chi connectivity index (χ0) is 11.1. The van der Waals surface area contributed by atoms with Gasteiger partial charge in [0.2, 0.25) is 0 Å². The van der Waals surface area contributed by atoms with Gasteiger partial charge in [-0.25, -0.2) is 0 Å². The highest BCUT2D eigenvalue weighted by Gasteiger charge is 1.96. The zero-order valence-electron chi connectivity index (χ0n) is 9.40. The van der Waals surface area contributed by atoms with Crippen molar-refractivity contribution >= 4 is 0 Å². The van der Waals surface area contributed by atoms with Crippen LogP contribution in [-0.4, -0.2) is 19.3 Å². The Bertz CT molecular complexity index is 287. The zero-order valence-corrected chi connectivity index (χ0v) is 9.40. The topological polar surface area (TPSA) is 44.5 Å². The van der Waals surface area contributed by atoms with E-state index in [2.05, 4.69) is 0 Å². The third-order valence-electron chi connectivity index (χ3n) is 1.94. The van der Waals surface area contributed by atoms with Gasteiger partial charge in [-0.2, -0.15) is 0 Å². The van der Waals surface area contributed by atoms with Crippen molar-refractivity contribution in [1.82, 2.24) is 0 Å². The monoisotopic (exact) mass is 209 g/mol. The molecule has 84 valence electrons. The molecule has 0 aliphatic heterocycles. The van der Waals surface area contributed by atoms with Gasteiger partial charge in [0.15, 0.2) is 0 Å². The highest BCUT2D eigenvalue weighted by atomic mass is 16.5. The van der Waals surface area contributed by atoms with Gasteiger partial charge in [-0.1, -0.05) is 12.1 Å². The number of nitrogens with two attached hydrogens (primary N) is 1. The van der Waals surface area contributed by atoms with Crippen molar-refractivity contribution in [3.05, 3.63) is 29.8 Å². The maximum atomic E-state index is 5.53. The van der Waals surface area contributed by atoms with Crippen LogP contribution in [0.2, 0.25) is 0 Å². The van der Waals surface area contributed by atoms with Crippen molar-refractivity contribution in [2.24, 2.45) is 5.73 Å². The van der Waals surface area contributed by atoms with Crippen molar-refractivity contribution in [1.29, 1.82) is 0 Å². The summed E-state index contributed by atoms with van der Waals surface area (Å²) >= 11 is 0.